The predicted molar refractivity (Wildman–Crippen MR) is 80.0 cm³/mol. The third-order valence-corrected chi connectivity index (χ3v) is 3.20. The van der Waals surface area contributed by atoms with Crippen molar-refractivity contribution in [2.24, 2.45) is 0 Å². The number of furan rings is 1. The number of hydrogen-bond acceptors (Lipinski definition) is 2. The summed E-state index contributed by atoms with van der Waals surface area (Å²) in [5, 5.41) is 2.80. The van der Waals surface area contributed by atoms with Gasteiger partial charge in [0.2, 0.25) is 5.91 Å². The normalized spacial score (nSPS) is 10.9. The number of hydrogen-bond donors (Lipinski definition) is 1. The fourth-order valence-electron chi connectivity index (χ4n) is 1.60. The Morgan fingerprint density at radius 3 is 2.68 bits per heavy atom. The Morgan fingerprint density at radius 1 is 1.26 bits per heavy atom. The van der Waals surface area contributed by atoms with Crippen LogP contribution in [0.2, 0.25) is 0 Å². The Hall–Kier alpha value is -1.81. The number of aryl methyl sites for hydroxylation is 2. The van der Waals surface area contributed by atoms with Gasteiger partial charge in [0.25, 0.3) is 0 Å². The van der Waals surface area contributed by atoms with Crippen molar-refractivity contribution in [1.82, 2.24) is 0 Å². The highest BCUT2D eigenvalue weighted by Crippen LogP contribution is 2.23. The van der Waals surface area contributed by atoms with E-state index in [-0.39, 0.29) is 5.91 Å². The molecule has 0 spiro atoms. The van der Waals surface area contributed by atoms with Crippen LogP contribution < -0.4 is 5.32 Å². The van der Waals surface area contributed by atoms with Gasteiger partial charge in [0.05, 0.1) is 5.69 Å². The van der Waals surface area contributed by atoms with E-state index in [1.807, 2.05) is 44.2 Å². The van der Waals surface area contributed by atoms with E-state index in [0.717, 1.165) is 21.5 Å². The molecule has 0 saturated carbocycles. The van der Waals surface area contributed by atoms with Crippen molar-refractivity contribution in [3.8, 4) is 0 Å². The molecule has 2 aromatic rings. The highest BCUT2D eigenvalue weighted by atomic mass is 79.9. The van der Waals surface area contributed by atoms with Crippen molar-refractivity contribution in [2.75, 3.05) is 5.32 Å². The molecular weight excluding hydrogens is 306 g/mol. The van der Waals surface area contributed by atoms with Crippen LogP contribution in [0.3, 0.4) is 0 Å². The molecular formula is C15H14BrNO2. The second kappa shape index (κ2) is 5.89. The Morgan fingerprint density at radius 2 is 2.05 bits per heavy atom. The molecule has 0 atom stereocenters. The van der Waals surface area contributed by atoms with Crippen LogP contribution >= 0.6 is 15.9 Å². The van der Waals surface area contributed by atoms with E-state index in [0.29, 0.717) is 5.76 Å². The molecule has 0 aliphatic carbocycles. The molecule has 1 amide bonds. The second-order valence-corrected chi connectivity index (χ2v) is 5.11. The minimum absolute atomic E-state index is 0.196. The Bertz CT molecular complexity index is 629. The average Bonchev–Trinajstić information content (AvgIpc) is 2.76. The van der Waals surface area contributed by atoms with Crippen LogP contribution in [0.5, 0.6) is 0 Å². The summed E-state index contributed by atoms with van der Waals surface area (Å²) >= 11 is 3.42. The zero-order chi connectivity index (χ0) is 13.8. The van der Waals surface area contributed by atoms with Crippen LogP contribution in [0.1, 0.15) is 17.1 Å². The largest absolute Gasteiger partial charge is 0.462 e. The van der Waals surface area contributed by atoms with Gasteiger partial charge in [-0.05, 0) is 65.7 Å². The van der Waals surface area contributed by atoms with E-state index in [1.54, 1.807) is 6.08 Å². The predicted octanol–water partition coefficient (Wildman–Crippen LogP) is 4.31. The molecule has 0 bridgehead atoms. The zero-order valence-corrected chi connectivity index (χ0v) is 12.3. The van der Waals surface area contributed by atoms with Gasteiger partial charge in [-0.25, -0.2) is 0 Å². The number of benzene rings is 1. The van der Waals surface area contributed by atoms with Crippen LogP contribution in [0.15, 0.2) is 45.3 Å². The van der Waals surface area contributed by atoms with Gasteiger partial charge in [0.15, 0.2) is 0 Å². The summed E-state index contributed by atoms with van der Waals surface area (Å²) in [4.78, 5) is 11.8. The molecule has 0 fully saturated rings. The molecule has 98 valence electrons. The van der Waals surface area contributed by atoms with Crippen LogP contribution in [-0.4, -0.2) is 5.91 Å². The van der Waals surface area contributed by atoms with E-state index in [2.05, 4.69) is 21.2 Å². The molecule has 0 unspecified atom stereocenters. The van der Waals surface area contributed by atoms with E-state index in [4.69, 9.17) is 4.42 Å². The van der Waals surface area contributed by atoms with E-state index in [9.17, 15) is 4.79 Å². The highest BCUT2D eigenvalue weighted by molar-refractivity contribution is 9.10. The summed E-state index contributed by atoms with van der Waals surface area (Å²) in [6.45, 7) is 3.86. The molecule has 1 heterocycles. The van der Waals surface area contributed by atoms with Crippen molar-refractivity contribution in [3.63, 3.8) is 0 Å². The Balaban J connectivity index is 2.03. The first kappa shape index (κ1) is 13.6. The molecule has 1 N–H and O–H groups in total. The fourth-order valence-corrected chi connectivity index (χ4v) is 2.19. The lowest BCUT2D eigenvalue weighted by atomic mass is 10.2. The molecule has 19 heavy (non-hydrogen) atoms. The lowest BCUT2D eigenvalue weighted by Crippen LogP contribution is -2.08. The molecule has 1 aromatic carbocycles. The lowest BCUT2D eigenvalue weighted by molar-refractivity contribution is -0.111. The van der Waals surface area contributed by atoms with Crippen molar-refractivity contribution in [2.45, 2.75) is 13.8 Å². The number of halogens is 1. The molecule has 0 saturated heterocycles. The summed E-state index contributed by atoms with van der Waals surface area (Å²) < 4.78 is 6.21. The third-order valence-electron chi connectivity index (χ3n) is 2.54. The van der Waals surface area contributed by atoms with Gasteiger partial charge in [-0.2, -0.15) is 0 Å². The van der Waals surface area contributed by atoms with E-state index < -0.39 is 0 Å². The number of nitrogens with one attached hydrogen (secondary N) is 1. The number of anilines is 1. The van der Waals surface area contributed by atoms with E-state index >= 15 is 0 Å². The van der Waals surface area contributed by atoms with Crippen LogP contribution in [0.25, 0.3) is 6.08 Å². The van der Waals surface area contributed by atoms with Crippen molar-refractivity contribution < 1.29 is 9.21 Å². The van der Waals surface area contributed by atoms with Crippen molar-refractivity contribution in [1.29, 1.82) is 0 Å². The smallest absolute Gasteiger partial charge is 0.248 e. The minimum atomic E-state index is -0.196. The summed E-state index contributed by atoms with van der Waals surface area (Å²) in [5.41, 5.74) is 1.88. The number of rotatable bonds is 3. The van der Waals surface area contributed by atoms with Gasteiger partial charge in [-0.3, -0.25) is 4.79 Å². The summed E-state index contributed by atoms with van der Waals surface area (Å²) in [6.07, 6.45) is 3.09. The van der Waals surface area contributed by atoms with E-state index in [1.165, 1.54) is 6.08 Å². The van der Waals surface area contributed by atoms with Gasteiger partial charge >= 0.3 is 0 Å². The van der Waals surface area contributed by atoms with Crippen LogP contribution in [0, 0.1) is 13.8 Å². The van der Waals surface area contributed by atoms with Crippen LogP contribution in [0.4, 0.5) is 5.69 Å². The van der Waals surface area contributed by atoms with Crippen LogP contribution in [-0.2, 0) is 4.79 Å². The zero-order valence-electron chi connectivity index (χ0n) is 10.7. The maximum Gasteiger partial charge on any atom is 0.248 e. The Labute approximate surface area is 120 Å². The third kappa shape index (κ3) is 3.83. The quantitative estimate of drug-likeness (QED) is 0.856. The SMILES string of the molecule is Cc1ccc(NC(=O)C=Cc2ccc(C)o2)c(Br)c1. The average molecular weight is 320 g/mol. The monoisotopic (exact) mass is 319 g/mol. The topological polar surface area (TPSA) is 42.2 Å². The Kier molecular flexibility index (Phi) is 4.22. The summed E-state index contributed by atoms with van der Waals surface area (Å²) in [7, 11) is 0. The van der Waals surface area contributed by atoms with Gasteiger partial charge < -0.3 is 9.73 Å². The molecule has 0 aliphatic rings. The first-order valence-corrected chi connectivity index (χ1v) is 6.65. The molecule has 1 aromatic heterocycles. The molecule has 3 nitrogen and oxygen atoms in total. The molecule has 2 rings (SSSR count). The maximum absolute atomic E-state index is 11.8. The maximum atomic E-state index is 11.8. The molecule has 0 aliphatic heterocycles. The van der Waals surface area contributed by atoms with Crippen molar-refractivity contribution >= 4 is 33.6 Å². The number of amides is 1. The van der Waals surface area contributed by atoms with Gasteiger partial charge in [-0.1, -0.05) is 6.07 Å². The fraction of sp³-hybridized carbons (Fsp3) is 0.133. The number of carbonyl (C=O) groups excluding carboxylic acids is 1. The van der Waals surface area contributed by atoms with Gasteiger partial charge in [0, 0.05) is 10.5 Å². The van der Waals surface area contributed by atoms with Gasteiger partial charge in [0.1, 0.15) is 11.5 Å². The molecule has 4 heteroatoms. The highest BCUT2D eigenvalue weighted by Gasteiger charge is 2.03. The summed E-state index contributed by atoms with van der Waals surface area (Å²) in [5.74, 6) is 1.29. The first-order valence-electron chi connectivity index (χ1n) is 5.86. The second-order valence-electron chi connectivity index (χ2n) is 4.25. The molecule has 0 radical (unpaired) electrons. The standard InChI is InChI=1S/C15H14BrNO2/c1-10-3-7-14(13(16)9-10)17-15(18)8-6-12-5-4-11(2)19-12/h3-9H,1-2H3,(H,17,18). The van der Waals surface area contributed by atoms with Crippen molar-refractivity contribution in [3.05, 3.63) is 58.0 Å². The number of carbonyl (C=O) groups is 1. The first-order chi connectivity index (χ1) is 9.04. The van der Waals surface area contributed by atoms with Gasteiger partial charge in [-0.15, -0.1) is 0 Å². The minimum Gasteiger partial charge on any atom is -0.462 e. The lowest BCUT2D eigenvalue weighted by Gasteiger charge is -2.05. The summed E-state index contributed by atoms with van der Waals surface area (Å²) in [6, 6.07) is 9.44.